The van der Waals surface area contributed by atoms with Crippen LogP contribution in [0.2, 0.25) is 0 Å². The summed E-state index contributed by atoms with van der Waals surface area (Å²) in [5.74, 6) is -0.0961. The molecule has 1 aromatic heterocycles. The van der Waals surface area contributed by atoms with Crippen molar-refractivity contribution in [1.29, 1.82) is 0 Å². The molecule has 0 aliphatic heterocycles. The lowest BCUT2D eigenvalue weighted by Gasteiger charge is -2.19. The standard InChI is InChI=1S/C19H19N3OS/c1-14-13-24-19(21-14)22-17(23)12-20-18(15-8-4-2-5-9-15)16-10-6-3-7-11-16/h2-11,13,18,20H,12H2,1H3,(H,21,22,23). The summed E-state index contributed by atoms with van der Waals surface area (Å²) in [5, 5.41) is 8.72. The predicted molar refractivity (Wildman–Crippen MR) is 98.2 cm³/mol. The highest BCUT2D eigenvalue weighted by Gasteiger charge is 2.15. The number of hydrogen-bond acceptors (Lipinski definition) is 4. The molecule has 2 aromatic carbocycles. The molecule has 4 nitrogen and oxygen atoms in total. The highest BCUT2D eigenvalue weighted by atomic mass is 32.1. The fourth-order valence-electron chi connectivity index (χ4n) is 2.49. The van der Waals surface area contributed by atoms with Gasteiger partial charge in [-0.05, 0) is 18.1 Å². The van der Waals surface area contributed by atoms with Gasteiger partial charge in [0.2, 0.25) is 5.91 Å². The Balaban J connectivity index is 1.69. The van der Waals surface area contributed by atoms with E-state index in [0.29, 0.717) is 5.13 Å². The van der Waals surface area contributed by atoms with E-state index in [0.717, 1.165) is 16.8 Å². The van der Waals surface area contributed by atoms with Gasteiger partial charge in [0.1, 0.15) is 0 Å². The lowest BCUT2D eigenvalue weighted by molar-refractivity contribution is -0.115. The topological polar surface area (TPSA) is 54.0 Å². The lowest BCUT2D eigenvalue weighted by Crippen LogP contribution is -2.31. The highest BCUT2D eigenvalue weighted by molar-refractivity contribution is 7.13. The van der Waals surface area contributed by atoms with Crippen LogP contribution in [0, 0.1) is 6.92 Å². The van der Waals surface area contributed by atoms with E-state index in [9.17, 15) is 4.79 Å². The van der Waals surface area contributed by atoms with Crippen molar-refractivity contribution in [1.82, 2.24) is 10.3 Å². The molecule has 1 amide bonds. The Morgan fingerprint density at radius 3 is 2.12 bits per heavy atom. The number of rotatable bonds is 6. The maximum absolute atomic E-state index is 12.2. The second kappa shape index (κ2) is 7.86. The second-order valence-electron chi connectivity index (χ2n) is 5.48. The molecule has 1 heterocycles. The zero-order chi connectivity index (χ0) is 16.8. The zero-order valence-corrected chi connectivity index (χ0v) is 14.2. The Hall–Kier alpha value is -2.50. The molecule has 0 saturated heterocycles. The number of hydrogen-bond donors (Lipinski definition) is 2. The maximum atomic E-state index is 12.2. The number of benzene rings is 2. The molecule has 0 aliphatic rings. The number of amides is 1. The largest absolute Gasteiger partial charge is 0.301 e. The van der Waals surface area contributed by atoms with Crippen molar-refractivity contribution in [2.24, 2.45) is 0 Å². The van der Waals surface area contributed by atoms with Gasteiger partial charge in [-0.25, -0.2) is 4.98 Å². The van der Waals surface area contributed by atoms with Gasteiger partial charge in [-0.3, -0.25) is 10.1 Å². The molecular weight excluding hydrogens is 318 g/mol. The van der Waals surface area contributed by atoms with Crippen molar-refractivity contribution >= 4 is 22.4 Å². The van der Waals surface area contributed by atoms with Gasteiger partial charge >= 0.3 is 0 Å². The quantitative estimate of drug-likeness (QED) is 0.720. The molecule has 5 heteroatoms. The summed E-state index contributed by atoms with van der Waals surface area (Å²) in [6, 6.07) is 20.2. The number of aryl methyl sites for hydroxylation is 1. The number of anilines is 1. The minimum Gasteiger partial charge on any atom is -0.301 e. The van der Waals surface area contributed by atoms with Crippen LogP contribution in [0.1, 0.15) is 22.9 Å². The second-order valence-corrected chi connectivity index (χ2v) is 6.34. The molecule has 0 atom stereocenters. The summed E-state index contributed by atoms with van der Waals surface area (Å²) in [7, 11) is 0. The molecule has 0 radical (unpaired) electrons. The Kier molecular flexibility index (Phi) is 5.36. The first-order chi connectivity index (χ1) is 11.7. The molecule has 0 fully saturated rings. The Morgan fingerprint density at radius 2 is 1.62 bits per heavy atom. The monoisotopic (exact) mass is 337 g/mol. The number of thiazole rings is 1. The first kappa shape index (κ1) is 16.4. The van der Waals surface area contributed by atoms with Crippen molar-refractivity contribution in [3.63, 3.8) is 0 Å². The molecule has 0 saturated carbocycles. The lowest BCUT2D eigenvalue weighted by atomic mass is 9.99. The molecule has 0 unspecified atom stereocenters. The van der Waals surface area contributed by atoms with E-state index in [4.69, 9.17) is 0 Å². The minimum absolute atomic E-state index is 0.0313. The third kappa shape index (κ3) is 4.28. The van der Waals surface area contributed by atoms with E-state index in [2.05, 4.69) is 39.9 Å². The van der Waals surface area contributed by atoms with Crippen molar-refractivity contribution in [2.45, 2.75) is 13.0 Å². The summed E-state index contributed by atoms with van der Waals surface area (Å²) in [6.45, 7) is 2.12. The van der Waals surface area contributed by atoms with E-state index in [1.54, 1.807) is 0 Å². The molecular formula is C19H19N3OS. The smallest absolute Gasteiger partial charge is 0.240 e. The average Bonchev–Trinajstić information content (AvgIpc) is 3.02. The molecule has 2 N–H and O–H groups in total. The Bertz CT molecular complexity index is 747. The van der Waals surface area contributed by atoms with E-state index >= 15 is 0 Å². The van der Waals surface area contributed by atoms with Gasteiger partial charge in [0, 0.05) is 5.38 Å². The normalized spacial score (nSPS) is 10.8. The van der Waals surface area contributed by atoms with Gasteiger partial charge in [0.15, 0.2) is 5.13 Å². The van der Waals surface area contributed by atoms with Gasteiger partial charge < -0.3 is 5.32 Å². The van der Waals surface area contributed by atoms with Crippen LogP contribution in [-0.2, 0) is 4.79 Å². The first-order valence-electron chi connectivity index (χ1n) is 7.77. The molecule has 3 aromatic rings. The zero-order valence-electron chi connectivity index (χ0n) is 13.4. The third-order valence-electron chi connectivity index (χ3n) is 3.60. The van der Waals surface area contributed by atoms with Gasteiger partial charge in [0.25, 0.3) is 0 Å². The molecule has 122 valence electrons. The van der Waals surface area contributed by atoms with Crippen LogP contribution in [0.15, 0.2) is 66.0 Å². The Morgan fingerprint density at radius 1 is 1.04 bits per heavy atom. The fraction of sp³-hybridized carbons (Fsp3) is 0.158. The van der Waals surface area contributed by atoms with Crippen LogP contribution < -0.4 is 10.6 Å². The highest BCUT2D eigenvalue weighted by Crippen LogP contribution is 2.21. The predicted octanol–water partition coefficient (Wildman–Crippen LogP) is 3.77. The maximum Gasteiger partial charge on any atom is 0.240 e. The van der Waals surface area contributed by atoms with Gasteiger partial charge in [-0.2, -0.15) is 0 Å². The van der Waals surface area contributed by atoms with Crippen LogP contribution in [0.5, 0.6) is 0 Å². The first-order valence-corrected chi connectivity index (χ1v) is 8.65. The van der Waals surface area contributed by atoms with Gasteiger partial charge in [-0.1, -0.05) is 60.7 Å². The summed E-state index contributed by atoms with van der Waals surface area (Å²) < 4.78 is 0. The van der Waals surface area contributed by atoms with Crippen molar-refractivity contribution < 1.29 is 4.79 Å². The van der Waals surface area contributed by atoms with Crippen LogP contribution in [0.25, 0.3) is 0 Å². The molecule has 0 aliphatic carbocycles. The number of nitrogens with one attached hydrogen (secondary N) is 2. The van der Waals surface area contributed by atoms with Crippen molar-refractivity contribution in [3.8, 4) is 0 Å². The van der Waals surface area contributed by atoms with Crippen LogP contribution >= 0.6 is 11.3 Å². The number of carbonyl (C=O) groups is 1. The summed E-state index contributed by atoms with van der Waals surface area (Å²) in [5.41, 5.74) is 3.16. The minimum atomic E-state index is -0.0961. The molecule has 3 rings (SSSR count). The van der Waals surface area contributed by atoms with Gasteiger partial charge in [0.05, 0.1) is 18.3 Å². The number of nitrogens with zero attached hydrogens (tertiary/aromatic N) is 1. The summed E-state index contributed by atoms with van der Waals surface area (Å²) in [4.78, 5) is 16.4. The Labute approximate surface area is 145 Å². The summed E-state index contributed by atoms with van der Waals surface area (Å²) in [6.07, 6.45) is 0. The van der Waals surface area contributed by atoms with Crippen molar-refractivity contribution in [3.05, 3.63) is 82.9 Å². The average molecular weight is 337 g/mol. The number of carbonyl (C=O) groups excluding carboxylic acids is 1. The molecule has 24 heavy (non-hydrogen) atoms. The molecule has 0 spiro atoms. The van der Waals surface area contributed by atoms with Crippen molar-refractivity contribution in [2.75, 3.05) is 11.9 Å². The van der Waals surface area contributed by atoms with Crippen LogP contribution in [0.4, 0.5) is 5.13 Å². The van der Waals surface area contributed by atoms with E-state index in [-0.39, 0.29) is 18.5 Å². The van der Waals surface area contributed by atoms with Crippen LogP contribution in [0.3, 0.4) is 0 Å². The van der Waals surface area contributed by atoms with E-state index in [1.807, 2.05) is 48.7 Å². The third-order valence-corrected chi connectivity index (χ3v) is 4.47. The summed E-state index contributed by atoms with van der Waals surface area (Å²) >= 11 is 1.43. The fourth-order valence-corrected chi connectivity index (χ4v) is 3.19. The number of aromatic nitrogens is 1. The van der Waals surface area contributed by atoms with E-state index < -0.39 is 0 Å². The van der Waals surface area contributed by atoms with Crippen LogP contribution in [-0.4, -0.2) is 17.4 Å². The molecule has 0 bridgehead atoms. The SMILES string of the molecule is Cc1csc(NC(=O)CNC(c2ccccc2)c2ccccc2)n1. The van der Waals surface area contributed by atoms with Gasteiger partial charge in [-0.15, -0.1) is 11.3 Å². The van der Waals surface area contributed by atoms with E-state index in [1.165, 1.54) is 11.3 Å².